The highest BCUT2D eigenvalue weighted by molar-refractivity contribution is 7.16. The molecule has 1 aromatic carbocycles. The Bertz CT molecular complexity index is 1080. The van der Waals surface area contributed by atoms with Crippen LogP contribution < -0.4 is 20.7 Å². The standard InChI is InChI=1S/C17H16F3N5O3S/c1-7-5-11-13(29-15(22-11)24-14(21)26)8(2)25(7)16-23-10-6-9(28-17(18,19)20)3-4-12(10)27-16/h3-4,6-8H,5H2,1-2H3,(H3,21,22,24,26)/t7-,8+/m1/s1. The Labute approximate surface area is 166 Å². The van der Waals surface area contributed by atoms with E-state index in [1.807, 2.05) is 18.7 Å². The summed E-state index contributed by atoms with van der Waals surface area (Å²) >= 11 is 1.31. The van der Waals surface area contributed by atoms with Crippen LogP contribution in [0.15, 0.2) is 22.6 Å². The van der Waals surface area contributed by atoms with Crippen molar-refractivity contribution in [2.75, 3.05) is 10.2 Å². The molecule has 0 radical (unpaired) electrons. The van der Waals surface area contributed by atoms with E-state index in [1.54, 1.807) is 0 Å². The second kappa shape index (κ2) is 6.79. The summed E-state index contributed by atoms with van der Waals surface area (Å²) in [4.78, 5) is 22.7. The number of rotatable bonds is 3. The molecule has 0 unspecified atom stereocenters. The number of nitrogens with zero attached hydrogens (tertiary/aromatic N) is 3. The monoisotopic (exact) mass is 427 g/mol. The number of nitrogens with one attached hydrogen (secondary N) is 1. The number of carbonyl (C=O) groups is 1. The highest BCUT2D eigenvalue weighted by atomic mass is 32.1. The van der Waals surface area contributed by atoms with Crippen LogP contribution in [0.25, 0.3) is 11.1 Å². The number of hydrogen-bond donors (Lipinski definition) is 2. The first kappa shape index (κ1) is 19.3. The van der Waals surface area contributed by atoms with Gasteiger partial charge in [-0.05, 0) is 26.0 Å². The summed E-state index contributed by atoms with van der Waals surface area (Å²) in [7, 11) is 0. The quantitative estimate of drug-likeness (QED) is 0.649. The van der Waals surface area contributed by atoms with Crippen LogP contribution in [0.2, 0.25) is 0 Å². The lowest BCUT2D eigenvalue weighted by molar-refractivity contribution is -0.274. The highest BCUT2D eigenvalue weighted by Crippen LogP contribution is 2.41. The summed E-state index contributed by atoms with van der Waals surface area (Å²) in [5.41, 5.74) is 6.61. The maximum Gasteiger partial charge on any atom is 0.573 e. The van der Waals surface area contributed by atoms with Crippen LogP contribution in [0, 0.1) is 0 Å². The molecule has 154 valence electrons. The second-order valence-electron chi connectivity index (χ2n) is 6.63. The van der Waals surface area contributed by atoms with Crippen molar-refractivity contribution in [2.24, 2.45) is 5.73 Å². The van der Waals surface area contributed by atoms with E-state index in [2.05, 4.69) is 20.0 Å². The number of halogens is 3. The van der Waals surface area contributed by atoms with Crippen molar-refractivity contribution in [2.45, 2.75) is 38.7 Å². The second-order valence-corrected chi connectivity index (χ2v) is 7.66. The van der Waals surface area contributed by atoms with E-state index in [0.717, 1.165) is 10.6 Å². The van der Waals surface area contributed by atoms with Gasteiger partial charge in [0.05, 0.1) is 16.6 Å². The minimum atomic E-state index is -4.78. The van der Waals surface area contributed by atoms with Gasteiger partial charge < -0.3 is 19.8 Å². The summed E-state index contributed by atoms with van der Waals surface area (Å²) in [6, 6.07) is 3.13. The van der Waals surface area contributed by atoms with E-state index >= 15 is 0 Å². The molecule has 2 atom stereocenters. The van der Waals surface area contributed by atoms with Gasteiger partial charge in [0.15, 0.2) is 10.7 Å². The number of oxazole rings is 1. The fourth-order valence-electron chi connectivity index (χ4n) is 3.44. The molecule has 0 aliphatic carbocycles. The van der Waals surface area contributed by atoms with E-state index in [1.165, 1.54) is 29.5 Å². The first-order valence-corrected chi connectivity index (χ1v) is 9.43. The molecule has 8 nitrogen and oxygen atoms in total. The number of benzene rings is 1. The van der Waals surface area contributed by atoms with Crippen LogP contribution in [0.1, 0.15) is 30.5 Å². The molecular formula is C17H16F3N5O3S. The number of aromatic nitrogens is 2. The number of hydrogen-bond acceptors (Lipinski definition) is 7. The number of anilines is 2. The summed E-state index contributed by atoms with van der Waals surface area (Å²) in [6.45, 7) is 3.90. The van der Waals surface area contributed by atoms with E-state index in [9.17, 15) is 18.0 Å². The van der Waals surface area contributed by atoms with Gasteiger partial charge in [-0.1, -0.05) is 11.3 Å². The van der Waals surface area contributed by atoms with Gasteiger partial charge in [0.25, 0.3) is 6.01 Å². The van der Waals surface area contributed by atoms with Crippen LogP contribution in [-0.2, 0) is 6.42 Å². The zero-order chi connectivity index (χ0) is 20.9. The van der Waals surface area contributed by atoms with E-state index in [-0.39, 0.29) is 29.4 Å². The molecule has 0 fully saturated rings. The Kier molecular flexibility index (Phi) is 4.52. The normalized spacial score (nSPS) is 19.3. The van der Waals surface area contributed by atoms with Gasteiger partial charge in [-0.25, -0.2) is 9.78 Å². The Morgan fingerprint density at radius 2 is 2.14 bits per heavy atom. The molecule has 12 heteroatoms. The van der Waals surface area contributed by atoms with Crippen molar-refractivity contribution in [1.82, 2.24) is 9.97 Å². The predicted octanol–water partition coefficient (Wildman–Crippen LogP) is 4.19. The minimum absolute atomic E-state index is 0.0417. The number of thiazole rings is 1. The van der Waals surface area contributed by atoms with Crippen molar-refractivity contribution < 1.29 is 27.1 Å². The molecule has 0 bridgehead atoms. The number of urea groups is 1. The average Bonchev–Trinajstić information content (AvgIpc) is 3.16. The molecular weight excluding hydrogens is 411 g/mol. The lowest BCUT2D eigenvalue weighted by atomic mass is 10.0. The Balaban J connectivity index is 1.66. The van der Waals surface area contributed by atoms with Crippen LogP contribution in [0.4, 0.5) is 29.1 Å². The molecule has 0 spiro atoms. The molecule has 0 saturated carbocycles. The number of nitrogens with two attached hydrogens (primary N) is 1. The Hall–Kier alpha value is -3.02. The number of fused-ring (bicyclic) bond motifs is 2. The van der Waals surface area contributed by atoms with Crippen LogP contribution >= 0.6 is 11.3 Å². The van der Waals surface area contributed by atoms with Crippen molar-refractivity contribution in [3.63, 3.8) is 0 Å². The maximum atomic E-state index is 12.4. The van der Waals surface area contributed by atoms with Crippen LogP contribution in [0.3, 0.4) is 0 Å². The Morgan fingerprint density at radius 3 is 2.83 bits per heavy atom. The van der Waals surface area contributed by atoms with Crippen LogP contribution in [-0.4, -0.2) is 28.4 Å². The van der Waals surface area contributed by atoms with Gasteiger partial charge in [-0.15, -0.1) is 13.2 Å². The van der Waals surface area contributed by atoms with Gasteiger partial charge >= 0.3 is 12.4 Å². The fourth-order valence-corrected chi connectivity index (χ4v) is 4.48. The van der Waals surface area contributed by atoms with E-state index < -0.39 is 12.4 Å². The van der Waals surface area contributed by atoms with E-state index in [0.29, 0.717) is 17.1 Å². The molecule has 1 aliphatic heterocycles. The van der Waals surface area contributed by atoms with Crippen molar-refractivity contribution >= 4 is 39.6 Å². The molecule has 3 heterocycles. The molecule has 1 aliphatic rings. The lowest BCUT2D eigenvalue weighted by Gasteiger charge is -2.36. The smallest absolute Gasteiger partial charge is 0.423 e. The number of alkyl halides is 3. The molecule has 0 saturated heterocycles. The van der Waals surface area contributed by atoms with Gasteiger partial charge in [0, 0.05) is 18.5 Å². The zero-order valence-corrected chi connectivity index (χ0v) is 16.1. The van der Waals surface area contributed by atoms with Crippen LogP contribution in [0.5, 0.6) is 5.75 Å². The third-order valence-electron chi connectivity index (χ3n) is 4.52. The number of amides is 2. The fraction of sp³-hybridized carbons (Fsp3) is 0.353. The number of primary amides is 1. The molecule has 3 N–H and O–H groups in total. The van der Waals surface area contributed by atoms with Gasteiger partial charge in [0.1, 0.15) is 11.3 Å². The third kappa shape index (κ3) is 3.79. The zero-order valence-electron chi connectivity index (χ0n) is 15.3. The minimum Gasteiger partial charge on any atom is -0.423 e. The maximum absolute atomic E-state index is 12.4. The van der Waals surface area contributed by atoms with Crippen molar-refractivity contribution in [1.29, 1.82) is 0 Å². The number of carbonyl (C=O) groups excluding carboxylic acids is 1. The molecule has 4 rings (SSSR count). The average molecular weight is 427 g/mol. The van der Waals surface area contributed by atoms with Gasteiger partial charge in [-0.3, -0.25) is 5.32 Å². The van der Waals surface area contributed by atoms with Gasteiger partial charge in [-0.2, -0.15) is 4.98 Å². The number of ether oxygens (including phenoxy) is 1. The van der Waals surface area contributed by atoms with Gasteiger partial charge in [0.2, 0.25) is 0 Å². The molecule has 2 aromatic heterocycles. The largest absolute Gasteiger partial charge is 0.573 e. The lowest BCUT2D eigenvalue weighted by Crippen LogP contribution is -2.40. The predicted molar refractivity (Wildman–Crippen MR) is 100 cm³/mol. The summed E-state index contributed by atoms with van der Waals surface area (Å²) < 4.78 is 47.1. The topological polar surface area (TPSA) is 107 Å². The Morgan fingerprint density at radius 1 is 1.38 bits per heavy atom. The van der Waals surface area contributed by atoms with Crippen molar-refractivity contribution in [3.05, 3.63) is 28.8 Å². The SMILES string of the molecule is C[C@@H]1Cc2nc(NC(N)=O)sc2[C@H](C)N1c1nc2cc(OC(F)(F)F)ccc2o1. The molecule has 2 amide bonds. The summed E-state index contributed by atoms with van der Waals surface area (Å²) in [6.07, 6.45) is -4.20. The summed E-state index contributed by atoms with van der Waals surface area (Å²) in [5.74, 6) is -0.364. The van der Waals surface area contributed by atoms with Crippen molar-refractivity contribution in [3.8, 4) is 5.75 Å². The first-order chi connectivity index (χ1) is 13.6. The highest BCUT2D eigenvalue weighted by Gasteiger charge is 2.36. The third-order valence-corrected chi connectivity index (χ3v) is 5.70. The molecule has 3 aromatic rings. The molecule has 29 heavy (non-hydrogen) atoms. The summed E-state index contributed by atoms with van der Waals surface area (Å²) in [5, 5.41) is 2.89. The first-order valence-electron chi connectivity index (χ1n) is 8.61. The van der Waals surface area contributed by atoms with E-state index in [4.69, 9.17) is 10.2 Å².